The lowest BCUT2D eigenvalue weighted by Gasteiger charge is -2.02. The van der Waals surface area contributed by atoms with Gasteiger partial charge in [-0.2, -0.15) is 0 Å². The number of rotatable bonds is 6. The smallest absolute Gasteiger partial charge is 0.147 e. The predicted octanol–water partition coefficient (Wildman–Crippen LogP) is 3.84. The van der Waals surface area contributed by atoms with Gasteiger partial charge in [0.25, 0.3) is 0 Å². The normalized spacial score (nSPS) is 10.1. The van der Waals surface area contributed by atoms with Crippen LogP contribution in [0.4, 0.5) is 4.39 Å². The molecule has 0 aromatic heterocycles. The number of halogens is 1. The molecule has 0 bridgehead atoms. The third kappa shape index (κ3) is 4.62. The summed E-state index contributed by atoms with van der Waals surface area (Å²) in [6.07, 6.45) is 1.26. The summed E-state index contributed by atoms with van der Waals surface area (Å²) < 4.78 is 12.8. The number of hydrogen-bond donors (Lipinski definition) is 0. The molecule has 1 rings (SSSR count). The van der Waals surface area contributed by atoms with Crippen LogP contribution in [0.1, 0.15) is 19.8 Å². The molecule has 1 nitrogen and oxygen atoms in total. The van der Waals surface area contributed by atoms with Gasteiger partial charge in [-0.25, -0.2) is 4.39 Å². The van der Waals surface area contributed by atoms with Crippen molar-refractivity contribution in [1.82, 2.24) is 0 Å². The molecule has 1 aromatic rings. The molecule has 0 N–H and O–H groups in total. The molecule has 0 saturated carbocycles. The first-order valence-electron chi connectivity index (χ1n) is 5.18. The van der Waals surface area contributed by atoms with Crippen molar-refractivity contribution in [1.29, 1.82) is 0 Å². The minimum atomic E-state index is -0.268. The Kier molecular flexibility index (Phi) is 5.26. The highest BCUT2D eigenvalue weighted by molar-refractivity contribution is 8.00. The zero-order valence-electron chi connectivity index (χ0n) is 9.33. The summed E-state index contributed by atoms with van der Waals surface area (Å²) in [6, 6.07) is 6.28. The molecule has 3 heteroatoms. The van der Waals surface area contributed by atoms with Crippen molar-refractivity contribution < 1.29 is 9.18 Å². The Hall–Kier alpha value is -1.09. The van der Waals surface area contributed by atoms with Crippen molar-refractivity contribution in [3.63, 3.8) is 0 Å². The van der Waals surface area contributed by atoms with E-state index in [0.29, 0.717) is 12.2 Å². The molecule has 0 radical (unpaired) electrons. The molecular formula is C13H15FOS. The molecule has 0 fully saturated rings. The maximum atomic E-state index is 12.8. The number of carbonyl (C=O) groups excluding carboxylic acids is 1. The van der Waals surface area contributed by atoms with E-state index in [1.54, 1.807) is 12.1 Å². The molecule has 0 spiro atoms. The van der Waals surface area contributed by atoms with E-state index < -0.39 is 0 Å². The van der Waals surface area contributed by atoms with Crippen molar-refractivity contribution in [2.45, 2.75) is 24.7 Å². The SMILES string of the molecule is C=C(CC)CC(=O)CSc1cccc(F)c1. The van der Waals surface area contributed by atoms with Gasteiger partial charge in [0.15, 0.2) is 0 Å². The second-order valence-corrected chi connectivity index (χ2v) is 4.61. The molecule has 0 unspecified atom stereocenters. The van der Waals surface area contributed by atoms with E-state index in [2.05, 4.69) is 6.58 Å². The number of carbonyl (C=O) groups is 1. The Bertz CT molecular complexity index is 387. The molecule has 0 saturated heterocycles. The molecule has 86 valence electrons. The summed E-state index contributed by atoms with van der Waals surface area (Å²) in [5.41, 5.74) is 0.949. The fourth-order valence-corrected chi connectivity index (χ4v) is 1.98. The number of allylic oxidation sites excluding steroid dienone is 1. The standard InChI is InChI=1S/C13H15FOS/c1-3-10(2)7-12(15)9-16-13-6-4-5-11(14)8-13/h4-6,8H,2-3,7,9H2,1H3. The Morgan fingerprint density at radius 2 is 2.25 bits per heavy atom. The van der Waals surface area contributed by atoms with Crippen LogP contribution in [-0.4, -0.2) is 11.5 Å². The molecule has 0 amide bonds. The van der Waals surface area contributed by atoms with Crippen molar-refractivity contribution in [2.24, 2.45) is 0 Å². The van der Waals surface area contributed by atoms with Gasteiger partial charge >= 0.3 is 0 Å². The lowest BCUT2D eigenvalue weighted by molar-refractivity contribution is -0.116. The lowest BCUT2D eigenvalue weighted by Crippen LogP contribution is -2.02. The van der Waals surface area contributed by atoms with E-state index >= 15 is 0 Å². The van der Waals surface area contributed by atoms with Crippen LogP contribution in [-0.2, 0) is 4.79 Å². The number of thioether (sulfide) groups is 1. The highest BCUT2D eigenvalue weighted by Gasteiger charge is 2.05. The first kappa shape index (κ1) is 13.0. The third-order valence-electron chi connectivity index (χ3n) is 2.14. The quantitative estimate of drug-likeness (QED) is 0.553. The summed E-state index contributed by atoms with van der Waals surface area (Å²) >= 11 is 1.36. The van der Waals surface area contributed by atoms with Gasteiger partial charge in [-0.15, -0.1) is 11.8 Å². The van der Waals surface area contributed by atoms with Gasteiger partial charge in [-0.05, 0) is 24.6 Å². The van der Waals surface area contributed by atoms with E-state index in [1.807, 2.05) is 6.92 Å². The van der Waals surface area contributed by atoms with Crippen LogP contribution < -0.4 is 0 Å². The zero-order chi connectivity index (χ0) is 12.0. The molecule has 0 aliphatic heterocycles. The van der Waals surface area contributed by atoms with Crippen LogP contribution in [0.3, 0.4) is 0 Å². The predicted molar refractivity (Wildman–Crippen MR) is 66.2 cm³/mol. The largest absolute Gasteiger partial charge is 0.298 e. The van der Waals surface area contributed by atoms with Crippen LogP contribution in [0, 0.1) is 5.82 Å². The Labute approximate surface area is 99.7 Å². The lowest BCUT2D eigenvalue weighted by atomic mass is 10.1. The highest BCUT2D eigenvalue weighted by atomic mass is 32.2. The highest BCUT2D eigenvalue weighted by Crippen LogP contribution is 2.19. The molecular weight excluding hydrogens is 223 g/mol. The van der Waals surface area contributed by atoms with Crippen molar-refractivity contribution in [3.05, 3.63) is 42.2 Å². The molecule has 16 heavy (non-hydrogen) atoms. The van der Waals surface area contributed by atoms with Crippen molar-refractivity contribution >= 4 is 17.5 Å². The van der Waals surface area contributed by atoms with E-state index in [1.165, 1.54) is 23.9 Å². The number of hydrogen-bond acceptors (Lipinski definition) is 2. The second-order valence-electron chi connectivity index (χ2n) is 3.57. The number of benzene rings is 1. The average Bonchev–Trinajstić information content (AvgIpc) is 2.26. The van der Waals surface area contributed by atoms with Gasteiger partial charge in [0.05, 0.1) is 5.75 Å². The summed E-state index contributed by atoms with van der Waals surface area (Å²) in [6.45, 7) is 5.77. The molecule has 0 heterocycles. The maximum Gasteiger partial charge on any atom is 0.147 e. The Morgan fingerprint density at radius 1 is 1.50 bits per heavy atom. The third-order valence-corrected chi connectivity index (χ3v) is 3.20. The van der Waals surface area contributed by atoms with Gasteiger partial charge in [-0.3, -0.25) is 4.79 Å². The van der Waals surface area contributed by atoms with Crippen LogP contribution in [0.2, 0.25) is 0 Å². The van der Waals surface area contributed by atoms with Crippen LogP contribution in [0.15, 0.2) is 41.3 Å². The Morgan fingerprint density at radius 3 is 2.88 bits per heavy atom. The molecule has 1 aromatic carbocycles. The monoisotopic (exact) mass is 238 g/mol. The van der Waals surface area contributed by atoms with Gasteiger partial charge in [0.2, 0.25) is 0 Å². The fourth-order valence-electron chi connectivity index (χ4n) is 1.18. The van der Waals surface area contributed by atoms with Gasteiger partial charge in [0, 0.05) is 11.3 Å². The van der Waals surface area contributed by atoms with Gasteiger partial charge in [-0.1, -0.05) is 25.1 Å². The van der Waals surface area contributed by atoms with E-state index in [9.17, 15) is 9.18 Å². The maximum absolute atomic E-state index is 12.8. The van der Waals surface area contributed by atoms with E-state index in [-0.39, 0.29) is 11.6 Å². The number of ketones is 1. The summed E-state index contributed by atoms with van der Waals surface area (Å²) in [5, 5.41) is 0. The summed E-state index contributed by atoms with van der Waals surface area (Å²) in [5.74, 6) is 0.249. The van der Waals surface area contributed by atoms with Gasteiger partial charge < -0.3 is 0 Å². The van der Waals surface area contributed by atoms with E-state index in [4.69, 9.17) is 0 Å². The zero-order valence-corrected chi connectivity index (χ0v) is 10.1. The summed E-state index contributed by atoms with van der Waals surface area (Å²) in [4.78, 5) is 12.3. The second kappa shape index (κ2) is 6.48. The molecule has 0 aliphatic carbocycles. The van der Waals surface area contributed by atoms with Gasteiger partial charge in [0.1, 0.15) is 11.6 Å². The summed E-state index contributed by atoms with van der Waals surface area (Å²) in [7, 11) is 0. The Balaban J connectivity index is 2.40. The average molecular weight is 238 g/mol. The number of Topliss-reactive ketones (excluding diaryl/α,β-unsaturated/α-hetero) is 1. The fraction of sp³-hybridized carbons (Fsp3) is 0.308. The van der Waals surface area contributed by atoms with Crippen molar-refractivity contribution in [2.75, 3.05) is 5.75 Å². The first-order valence-corrected chi connectivity index (χ1v) is 6.17. The minimum Gasteiger partial charge on any atom is -0.298 e. The van der Waals surface area contributed by atoms with Crippen molar-refractivity contribution in [3.8, 4) is 0 Å². The minimum absolute atomic E-state index is 0.140. The molecule has 0 atom stereocenters. The molecule has 0 aliphatic rings. The first-order chi connectivity index (χ1) is 7.61. The topological polar surface area (TPSA) is 17.1 Å². The van der Waals surface area contributed by atoms with Crippen LogP contribution in [0.25, 0.3) is 0 Å². The van der Waals surface area contributed by atoms with Crippen LogP contribution >= 0.6 is 11.8 Å². The van der Waals surface area contributed by atoms with E-state index in [0.717, 1.165) is 16.9 Å². The van der Waals surface area contributed by atoms with Crippen LogP contribution in [0.5, 0.6) is 0 Å².